The molecule has 0 aliphatic rings. The van der Waals surface area contributed by atoms with Gasteiger partial charge in [0.15, 0.2) is 0 Å². The number of benzene rings is 2. The van der Waals surface area contributed by atoms with Crippen molar-refractivity contribution < 1.29 is 9.53 Å². The van der Waals surface area contributed by atoms with E-state index in [0.717, 1.165) is 11.1 Å². The van der Waals surface area contributed by atoms with Crippen molar-refractivity contribution in [3.05, 3.63) is 64.7 Å². The number of ether oxygens (including phenoxy) is 1. The van der Waals surface area contributed by atoms with E-state index < -0.39 is 5.91 Å². The molecule has 144 valence electrons. The summed E-state index contributed by atoms with van der Waals surface area (Å²) in [6.45, 7) is 2.83. The smallest absolute Gasteiger partial charge is 0.248 e. The SMILES string of the molecule is Cc1c(Cl)cccc1-c1cc(NCCOc2ccc(C(N)=O)cc2)nc(N)n1. The normalized spacial score (nSPS) is 10.5. The molecule has 0 saturated carbocycles. The molecule has 1 heterocycles. The van der Waals surface area contributed by atoms with Gasteiger partial charge in [0.2, 0.25) is 11.9 Å². The van der Waals surface area contributed by atoms with Crippen LogP contribution in [0.3, 0.4) is 0 Å². The van der Waals surface area contributed by atoms with Crippen LogP contribution in [-0.2, 0) is 0 Å². The molecular formula is C20H20ClN5O2. The minimum Gasteiger partial charge on any atom is -0.492 e. The summed E-state index contributed by atoms with van der Waals surface area (Å²) >= 11 is 6.20. The lowest BCUT2D eigenvalue weighted by Crippen LogP contribution is -2.14. The molecule has 28 heavy (non-hydrogen) atoms. The van der Waals surface area contributed by atoms with E-state index in [9.17, 15) is 4.79 Å². The van der Waals surface area contributed by atoms with Crippen LogP contribution in [0, 0.1) is 6.92 Å². The summed E-state index contributed by atoms with van der Waals surface area (Å²) in [6, 6.07) is 14.1. The number of rotatable bonds is 7. The second-order valence-electron chi connectivity index (χ2n) is 6.07. The molecule has 0 aliphatic carbocycles. The van der Waals surface area contributed by atoms with Gasteiger partial charge >= 0.3 is 0 Å². The predicted molar refractivity (Wildman–Crippen MR) is 111 cm³/mol. The zero-order valence-electron chi connectivity index (χ0n) is 15.3. The van der Waals surface area contributed by atoms with Crippen LogP contribution in [0.4, 0.5) is 11.8 Å². The third kappa shape index (κ3) is 4.69. The van der Waals surface area contributed by atoms with Crippen LogP contribution < -0.4 is 21.5 Å². The molecule has 0 radical (unpaired) electrons. The molecule has 0 spiro atoms. The molecule has 0 saturated heterocycles. The summed E-state index contributed by atoms with van der Waals surface area (Å²) in [5.74, 6) is 0.932. The molecule has 0 atom stereocenters. The van der Waals surface area contributed by atoms with Crippen LogP contribution in [0.5, 0.6) is 5.75 Å². The Hall–Kier alpha value is -3.32. The van der Waals surface area contributed by atoms with Crippen LogP contribution in [0.15, 0.2) is 48.5 Å². The predicted octanol–water partition coefficient (Wildman–Crippen LogP) is 3.28. The van der Waals surface area contributed by atoms with Crippen molar-refractivity contribution >= 4 is 29.3 Å². The van der Waals surface area contributed by atoms with E-state index in [1.165, 1.54) is 0 Å². The Morgan fingerprint density at radius 3 is 2.64 bits per heavy atom. The van der Waals surface area contributed by atoms with Crippen molar-refractivity contribution in [2.24, 2.45) is 5.73 Å². The van der Waals surface area contributed by atoms with Crippen LogP contribution >= 0.6 is 11.6 Å². The topological polar surface area (TPSA) is 116 Å². The fourth-order valence-corrected chi connectivity index (χ4v) is 2.82. The maximum absolute atomic E-state index is 11.1. The van der Waals surface area contributed by atoms with E-state index in [0.29, 0.717) is 41.0 Å². The Bertz CT molecular complexity index is 992. The first-order valence-electron chi connectivity index (χ1n) is 8.60. The molecule has 0 bridgehead atoms. The lowest BCUT2D eigenvalue weighted by molar-refractivity contribution is 0.100. The maximum atomic E-state index is 11.1. The summed E-state index contributed by atoms with van der Waals surface area (Å²) in [6.07, 6.45) is 0. The molecular weight excluding hydrogens is 378 g/mol. The number of hydrogen-bond acceptors (Lipinski definition) is 6. The second-order valence-corrected chi connectivity index (χ2v) is 6.48. The third-order valence-corrected chi connectivity index (χ3v) is 4.51. The molecule has 3 rings (SSSR count). The average Bonchev–Trinajstić information content (AvgIpc) is 2.67. The van der Waals surface area contributed by atoms with Crippen molar-refractivity contribution in [3.8, 4) is 17.0 Å². The van der Waals surface area contributed by atoms with Crippen LogP contribution in [0.2, 0.25) is 5.02 Å². The number of carbonyl (C=O) groups excluding carboxylic acids is 1. The number of nitrogens with two attached hydrogens (primary N) is 2. The molecule has 8 heteroatoms. The highest BCUT2D eigenvalue weighted by molar-refractivity contribution is 6.31. The Kier molecular flexibility index (Phi) is 5.96. The molecule has 1 aromatic heterocycles. The van der Waals surface area contributed by atoms with E-state index in [4.69, 9.17) is 27.8 Å². The number of amides is 1. The molecule has 1 amide bonds. The maximum Gasteiger partial charge on any atom is 0.248 e. The van der Waals surface area contributed by atoms with Crippen LogP contribution in [-0.4, -0.2) is 29.0 Å². The largest absolute Gasteiger partial charge is 0.492 e. The Morgan fingerprint density at radius 1 is 1.18 bits per heavy atom. The number of hydrogen-bond donors (Lipinski definition) is 3. The Balaban J connectivity index is 1.62. The monoisotopic (exact) mass is 397 g/mol. The minimum absolute atomic E-state index is 0.169. The van der Waals surface area contributed by atoms with E-state index in [2.05, 4.69) is 15.3 Å². The number of aromatic nitrogens is 2. The second kappa shape index (κ2) is 8.58. The molecule has 0 unspecified atom stereocenters. The zero-order valence-corrected chi connectivity index (χ0v) is 16.0. The van der Waals surface area contributed by atoms with Gasteiger partial charge in [0.25, 0.3) is 0 Å². The highest BCUT2D eigenvalue weighted by Crippen LogP contribution is 2.28. The van der Waals surface area contributed by atoms with Gasteiger partial charge in [0.1, 0.15) is 18.2 Å². The number of primary amides is 1. The molecule has 0 fully saturated rings. The van der Waals surface area contributed by atoms with E-state index in [1.807, 2.05) is 31.2 Å². The van der Waals surface area contributed by atoms with Crippen molar-refractivity contribution in [1.29, 1.82) is 0 Å². The molecule has 3 aromatic rings. The van der Waals surface area contributed by atoms with Gasteiger partial charge in [-0.05, 0) is 42.8 Å². The first-order valence-corrected chi connectivity index (χ1v) is 8.98. The quantitative estimate of drug-likeness (QED) is 0.527. The van der Waals surface area contributed by atoms with Gasteiger partial charge in [0, 0.05) is 22.2 Å². The molecule has 2 aromatic carbocycles. The lowest BCUT2D eigenvalue weighted by atomic mass is 10.1. The fraction of sp³-hybridized carbons (Fsp3) is 0.150. The van der Waals surface area contributed by atoms with Crippen molar-refractivity contribution in [2.75, 3.05) is 24.2 Å². The van der Waals surface area contributed by atoms with Gasteiger partial charge in [-0.2, -0.15) is 4.98 Å². The summed E-state index contributed by atoms with van der Waals surface area (Å²) < 4.78 is 5.64. The Morgan fingerprint density at radius 2 is 1.93 bits per heavy atom. The fourth-order valence-electron chi connectivity index (χ4n) is 2.64. The Labute approximate surface area is 167 Å². The van der Waals surface area contributed by atoms with E-state index >= 15 is 0 Å². The van der Waals surface area contributed by atoms with E-state index in [1.54, 1.807) is 24.3 Å². The van der Waals surface area contributed by atoms with Crippen LogP contribution in [0.25, 0.3) is 11.3 Å². The highest BCUT2D eigenvalue weighted by Gasteiger charge is 2.09. The molecule has 7 nitrogen and oxygen atoms in total. The van der Waals surface area contributed by atoms with Gasteiger partial charge in [-0.3, -0.25) is 4.79 Å². The zero-order chi connectivity index (χ0) is 20.1. The third-order valence-electron chi connectivity index (χ3n) is 4.10. The lowest BCUT2D eigenvalue weighted by Gasteiger charge is -2.11. The first kappa shape index (κ1) is 19.4. The average molecular weight is 398 g/mol. The number of halogens is 1. The van der Waals surface area contributed by atoms with Crippen LogP contribution in [0.1, 0.15) is 15.9 Å². The van der Waals surface area contributed by atoms with E-state index in [-0.39, 0.29) is 5.95 Å². The number of nitrogens with zero attached hydrogens (tertiary/aromatic N) is 2. The summed E-state index contributed by atoms with van der Waals surface area (Å²) in [5.41, 5.74) is 14.0. The number of nitrogen functional groups attached to an aromatic ring is 1. The number of anilines is 2. The van der Waals surface area contributed by atoms with Crippen molar-refractivity contribution in [2.45, 2.75) is 6.92 Å². The molecule has 5 N–H and O–H groups in total. The number of carbonyl (C=O) groups is 1. The minimum atomic E-state index is -0.472. The number of nitrogens with one attached hydrogen (secondary N) is 1. The van der Waals surface area contributed by atoms with Crippen molar-refractivity contribution in [3.63, 3.8) is 0 Å². The first-order chi connectivity index (χ1) is 13.4. The van der Waals surface area contributed by atoms with Gasteiger partial charge in [-0.25, -0.2) is 4.98 Å². The van der Waals surface area contributed by atoms with Crippen molar-refractivity contribution in [1.82, 2.24) is 9.97 Å². The standard InChI is InChI=1S/C20H20ClN5O2/c1-12-15(3-2-4-16(12)21)17-11-18(26-20(23)25-17)24-9-10-28-14-7-5-13(6-8-14)19(22)27/h2-8,11H,9-10H2,1H3,(H2,22,27)(H3,23,24,25,26). The van der Waals surface area contributed by atoms with Gasteiger partial charge in [-0.1, -0.05) is 23.7 Å². The summed E-state index contributed by atoms with van der Waals surface area (Å²) in [5, 5.41) is 3.83. The summed E-state index contributed by atoms with van der Waals surface area (Å²) in [4.78, 5) is 19.6. The summed E-state index contributed by atoms with van der Waals surface area (Å²) in [7, 11) is 0. The van der Waals surface area contributed by atoms with Gasteiger partial charge in [-0.15, -0.1) is 0 Å². The van der Waals surface area contributed by atoms with Gasteiger partial charge in [0.05, 0.1) is 12.2 Å². The van der Waals surface area contributed by atoms with Gasteiger partial charge < -0.3 is 21.5 Å². The molecule has 0 aliphatic heterocycles. The highest BCUT2D eigenvalue weighted by atomic mass is 35.5.